The van der Waals surface area contributed by atoms with Crippen molar-refractivity contribution in [2.24, 2.45) is 17.8 Å². The number of alkyl carbamates (subject to hydrolysis) is 1. The van der Waals surface area contributed by atoms with Gasteiger partial charge in [-0.15, -0.1) is 0 Å². The molecule has 1 saturated heterocycles. The van der Waals surface area contributed by atoms with E-state index in [1.807, 2.05) is 23.8 Å². The standard InChI is InChI=1S/C41H54F4N6O9S/c1-23-10-8-9-11-26-20-40(26,36(54)49-61(56,57)39(22-42)14-15-39)48-33(52)30-19-28(59-34-29-13-12-27(58-7)17-25(29)18-31(46-34)50(5)6)21-51(30)35(53)32(24(2)16-23)47-37(55)60-38(3,4)41(43,44)45/h9,11-13,17-18,23-24,26,28,30,32H,8,10,14-16,19-22H2,1-7H3,(H,47,55)(H,48,52)(H,49,54)/b11-9-/t23-,24-,26-,28-,30+,32+,40-/m1/s1. The number of halogens is 4. The minimum absolute atomic E-state index is 0.00805. The Balaban J connectivity index is 1.38. The van der Waals surface area contributed by atoms with Crippen LogP contribution in [0.3, 0.4) is 0 Å². The molecule has 0 unspecified atom stereocenters. The maximum atomic E-state index is 14.8. The van der Waals surface area contributed by atoms with Gasteiger partial charge < -0.3 is 34.6 Å². The Morgan fingerprint density at radius 1 is 1.10 bits per heavy atom. The van der Waals surface area contributed by atoms with E-state index in [2.05, 4.69) is 10.6 Å². The summed E-state index contributed by atoms with van der Waals surface area (Å²) in [6, 6.07) is 4.18. The van der Waals surface area contributed by atoms with Gasteiger partial charge in [0.1, 0.15) is 46.7 Å². The van der Waals surface area contributed by atoms with E-state index in [-0.39, 0.29) is 44.0 Å². The van der Waals surface area contributed by atoms with Crippen LogP contribution in [0.15, 0.2) is 36.4 Å². The molecule has 1 aromatic carbocycles. The van der Waals surface area contributed by atoms with Crippen LogP contribution in [-0.2, 0) is 29.1 Å². The molecule has 4 aliphatic rings. The van der Waals surface area contributed by atoms with E-state index in [4.69, 9.17) is 19.2 Å². The number of nitrogens with zero attached hydrogens (tertiary/aromatic N) is 3. The number of alkyl halides is 4. The van der Waals surface area contributed by atoms with Crippen molar-refractivity contribution in [3.8, 4) is 11.6 Å². The third kappa shape index (κ3) is 9.33. The third-order valence-electron chi connectivity index (χ3n) is 12.3. The summed E-state index contributed by atoms with van der Waals surface area (Å²) in [6.45, 7) is 3.47. The highest BCUT2D eigenvalue weighted by Gasteiger charge is 2.64. The molecule has 2 aromatic rings. The molecule has 0 spiro atoms. The lowest BCUT2D eigenvalue weighted by atomic mass is 9.88. The first kappa shape index (κ1) is 45.6. The first-order valence-electron chi connectivity index (χ1n) is 20.3. The normalized spacial score (nSPS) is 28.5. The van der Waals surface area contributed by atoms with E-state index in [9.17, 15) is 45.2 Å². The van der Waals surface area contributed by atoms with Gasteiger partial charge in [0.05, 0.1) is 13.7 Å². The van der Waals surface area contributed by atoms with Crippen molar-refractivity contribution in [1.82, 2.24) is 25.2 Å². The fourth-order valence-corrected chi connectivity index (χ4v) is 9.42. The summed E-state index contributed by atoms with van der Waals surface area (Å²) in [5, 5.41) is 6.39. The van der Waals surface area contributed by atoms with Crippen molar-refractivity contribution in [3.05, 3.63) is 36.4 Å². The van der Waals surface area contributed by atoms with Crippen molar-refractivity contribution in [3.63, 3.8) is 0 Å². The van der Waals surface area contributed by atoms with Crippen LogP contribution in [0, 0.1) is 17.8 Å². The number of ether oxygens (including phenoxy) is 3. The minimum Gasteiger partial charge on any atom is -0.497 e. The molecule has 61 heavy (non-hydrogen) atoms. The lowest BCUT2D eigenvalue weighted by molar-refractivity contribution is -0.244. The Labute approximate surface area is 352 Å². The zero-order valence-electron chi connectivity index (χ0n) is 35.2. The number of hydrogen-bond donors (Lipinski definition) is 3. The van der Waals surface area contributed by atoms with Gasteiger partial charge in [-0.2, -0.15) is 18.2 Å². The molecule has 0 radical (unpaired) electrons. The Kier molecular flexibility index (Phi) is 12.5. The SMILES string of the molecule is COc1ccc2c(O[C@@H]3C[C@H]4C(=O)N[C@]5(C(=O)NS(=O)(=O)C6(CF)CC6)C[C@H]5/C=C\CC[C@@H](C)C[C@@H](C)[C@H](NC(=O)OC(C)(C)C(F)(F)F)C(=O)N4C3)nc(N(C)C)cc2c1. The van der Waals surface area contributed by atoms with Crippen LogP contribution in [-0.4, -0.2) is 117 Å². The first-order valence-corrected chi connectivity index (χ1v) is 21.8. The molecule has 3 fully saturated rings. The van der Waals surface area contributed by atoms with Crippen molar-refractivity contribution in [2.75, 3.05) is 39.3 Å². The molecule has 7 atom stereocenters. The molecular formula is C41H54F4N6O9S. The fourth-order valence-electron chi connectivity index (χ4n) is 7.99. The van der Waals surface area contributed by atoms with Crippen LogP contribution < -0.4 is 29.7 Å². The molecule has 1 aromatic heterocycles. The maximum absolute atomic E-state index is 14.8. The summed E-state index contributed by atoms with van der Waals surface area (Å²) in [5.41, 5.74) is -4.69. The van der Waals surface area contributed by atoms with Crippen LogP contribution >= 0.6 is 0 Å². The van der Waals surface area contributed by atoms with Crippen molar-refractivity contribution >= 4 is 50.4 Å². The molecule has 2 aliphatic heterocycles. The summed E-state index contributed by atoms with van der Waals surface area (Å²) < 4.78 is 98.7. The van der Waals surface area contributed by atoms with Crippen LogP contribution in [0.25, 0.3) is 10.8 Å². The Morgan fingerprint density at radius 2 is 1.80 bits per heavy atom. The molecule has 2 aliphatic carbocycles. The molecule has 3 N–H and O–H groups in total. The number of nitrogens with one attached hydrogen (secondary N) is 3. The Bertz CT molecular complexity index is 2180. The quantitative estimate of drug-likeness (QED) is 0.217. The van der Waals surface area contributed by atoms with Gasteiger partial charge in [0.25, 0.3) is 5.91 Å². The molecule has 0 bridgehead atoms. The molecule has 336 valence electrons. The van der Waals surface area contributed by atoms with Gasteiger partial charge in [-0.25, -0.2) is 17.6 Å². The third-order valence-corrected chi connectivity index (χ3v) is 14.4. The second-order valence-corrected chi connectivity index (χ2v) is 19.7. The average molecular weight is 883 g/mol. The predicted molar refractivity (Wildman–Crippen MR) is 216 cm³/mol. The summed E-state index contributed by atoms with van der Waals surface area (Å²) in [4.78, 5) is 64.2. The zero-order chi connectivity index (χ0) is 44.9. The largest absolute Gasteiger partial charge is 0.497 e. The second-order valence-electron chi connectivity index (χ2n) is 17.6. The number of sulfonamides is 1. The number of rotatable bonds is 10. The van der Waals surface area contributed by atoms with Gasteiger partial charge in [-0.05, 0) is 93.9 Å². The van der Waals surface area contributed by atoms with E-state index in [1.54, 1.807) is 50.2 Å². The number of hydrogen-bond acceptors (Lipinski definition) is 11. The van der Waals surface area contributed by atoms with Gasteiger partial charge in [-0.3, -0.25) is 19.1 Å². The summed E-state index contributed by atoms with van der Waals surface area (Å²) in [7, 11) is 0.611. The van der Waals surface area contributed by atoms with Gasteiger partial charge in [0, 0.05) is 31.8 Å². The Morgan fingerprint density at radius 3 is 2.43 bits per heavy atom. The van der Waals surface area contributed by atoms with Crippen LogP contribution in [0.1, 0.15) is 72.6 Å². The van der Waals surface area contributed by atoms with Gasteiger partial charge >= 0.3 is 12.3 Å². The minimum atomic E-state index is -4.94. The van der Waals surface area contributed by atoms with Crippen molar-refractivity contribution in [2.45, 2.75) is 113 Å². The molecule has 2 saturated carbocycles. The number of aromatic nitrogens is 1. The molecule has 15 nitrogen and oxygen atoms in total. The van der Waals surface area contributed by atoms with Gasteiger partial charge in [0.15, 0.2) is 0 Å². The smallest absolute Gasteiger partial charge is 0.427 e. The molecule has 20 heteroatoms. The number of fused-ring (bicyclic) bond motifs is 3. The number of pyridine rings is 1. The highest BCUT2D eigenvalue weighted by Crippen LogP contribution is 2.48. The topological polar surface area (TPSA) is 186 Å². The fraction of sp³-hybridized carbons (Fsp3) is 0.634. The Hall–Kier alpha value is -4.88. The zero-order valence-corrected chi connectivity index (χ0v) is 36.0. The van der Waals surface area contributed by atoms with Crippen molar-refractivity contribution in [1.29, 1.82) is 0 Å². The molecule has 6 rings (SSSR count). The van der Waals surface area contributed by atoms with E-state index >= 15 is 0 Å². The highest BCUT2D eigenvalue weighted by molar-refractivity contribution is 7.91. The molecule has 4 amide bonds. The predicted octanol–water partition coefficient (Wildman–Crippen LogP) is 4.93. The molecular weight excluding hydrogens is 829 g/mol. The lowest BCUT2D eigenvalue weighted by Gasteiger charge is -2.34. The van der Waals surface area contributed by atoms with Gasteiger partial charge in [-0.1, -0.05) is 26.0 Å². The van der Waals surface area contributed by atoms with Crippen LogP contribution in [0.5, 0.6) is 11.6 Å². The first-order chi connectivity index (χ1) is 28.5. The molecule has 3 heterocycles. The maximum Gasteiger partial charge on any atom is 0.427 e. The number of benzene rings is 1. The number of methoxy groups -OCH3 is 1. The second kappa shape index (κ2) is 16.8. The number of carbonyl (C=O) groups is 4. The van der Waals surface area contributed by atoms with E-state index in [0.717, 1.165) is 4.90 Å². The number of carbonyl (C=O) groups excluding carboxylic acids is 4. The van der Waals surface area contributed by atoms with Crippen LogP contribution in [0.2, 0.25) is 0 Å². The van der Waals surface area contributed by atoms with E-state index in [0.29, 0.717) is 55.4 Å². The van der Waals surface area contributed by atoms with E-state index < -0.39 is 92.6 Å². The summed E-state index contributed by atoms with van der Waals surface area (Å²) >= 11 is 0. The van der Waals surface area contributed by atoms with Crippen molar-refractivity contribution < 1.29 is 59.4 Å². The van der Waals surface area contributed by atoms with Gasteiger partial charge in [0.2, 0.25) is 33.3 Å². The van der Waals surface area contributed by atoms with E-state index in [1.165, 1.54) is 7.11 Å². The highest BCUT2D eigenvalue weighted by atomic mass is 32.2. The number of amides is 4. The number of anilines is 1. The summed E-state index contributed by atoms with van der Waals surface area (Å²) in [5.74, 6) is -2.89. The summed E-state index contributed by atoms with van der Waals surface area (Å²) in [6.07, 6.45) is -2.56. The van der Waals surface area contributed by atoms with Crippen LogP contribution in [0.4, 0.5) is 28.2 Å². The monoisotopic (exact) mass is 882 g/mol. The number of allylic oxidation sites excluding steroid dienone is 1. The average Bonchev–Trinajstić information content (AvgIpc) is 4.08. The lowest BCUT2D eigenvalue weighted by Crippen LogP contribution is -2.60.